The smallest absolute Gasteiger partial charge is 0.274 e. The summed E-state index contributed by atoms with van der Waals surface area (Å²) in [4.78, 5) is 32.0. The number of amides is 2. The van der Waals surface area contributed by atoms with Gasteiger partial charge in [0.15, 0.2) is 5.69 Å². The average Bonchev–Trinajstić information content (AvgIpc) is 3.33. The zero-order valence-corrected chi connectivity index (χ0v) is 24.3. The SMILES string of the molecule is COc1cc(-c2cc(C(=O)N3CCC(C(=O)NC(C)c4cccc(Cl)c4)CC3)nn2PI)c(Cl)cn1. The molecular formula is C24H25Cl2IN5O3P. The van der Waals surface area contributed by atoms with E-state index >= 15 is 0 Å². The number of hydrogen-bond acceptors (Lipinski definition) is 5. The monoisotopic (exact) mass is 659 g/mol. The van der Waals surface area contributed by atoms with Gasteiger partial charge in [0.1, 0.15) is 0 Å². The Morgan fingerprint density at radius 1 is 1.22 bits per heavy atom. The predicted octanol–water partition coefficient (Wildman–Crippen LogP) is 5.78. The van der Waals surface area contributed by atoms with Crippen LogP contribution in [0.15, 0.2) is 42.6 Å². The second kappa shape index (κ2) is 12.1. The highest BCUT2D eigenvalue weighted by Gasteiger charge is 2.30. The van der Waals surface area contributed by atoms with Crippen LogP contribution >= 0.6 is 51.6 Å². The normalized spacial score (nSPS) is 15.3. The molecule has 1 aromatic carbocycles. The predicted molar refractivity (Wildman–Crippen MR) is 151 cm³/mol. The molecule has 0 aliphatic carbocycles. The average molecular weight is 660 g/mol. The fraction of sp³-hybridized carbons (Fsp3) is 0.333. The van der Waals surface area contributed by atoms with Gasteiger partial charge in [-0.3, -0.25) is 9.59 Å². The quantitative estimate of drug-likeness (QED) is 0.257. The topological polar surface area (TPSA) is 89.4 Å². The molecule has 36 heavy (non-hydrogen) atoms. The Bertz CT molecular complexity index is 1270. The maximum absolute atomic E-state index is 13.3. The van der Waals surface area contributed by atoms with E-state index < -0.39 is 0 Å². The van der Waals surface area contributed by atoms with Crippen LogP contribution in [-0.2, 0) is 4.79 Å². The first-order valence-electron chi connectivity index (χ1n) is 11.3. The van der Waals surface area contributed by atoms with Crippen LogP contribution in [0.2, 0.25) is 10.0 Å². The Kier molecular flexibility index (Phi) is 9.09. The Hall–Kier alpha value is -1.94. The lowest BCUT2D eigenvalue weighted by Gasteiger charge is -2.31. The van der Waals surface area contributed by atoms with Gasteiger partial charge in [0.05, 0.1) is 36.4 Å². The van der Waals surface area contributed by atoms with Crippen molar-refractivity contribution in [3.05, 3.63) is 63.9 Å². The summed E-state index contributed by atoms with van der Waals surface area (Å²) in [7, 11) is 1.54. The maximum Gasteiger partial charge on any atom is 0.274 e. The molecule has 2 atom stereocenters. The largest absolute Gasteiger partial charge is 0.481 e. The van der Waals surface area contributed by atoms with Crippen molar-refractivity contribution in [2.24, 2.45) is 5.92 Å². The minimum atomic E-state index is -0.159. The van der Waals surface area contributed by atoms with E-state index in [1.54, 1.807) is 27.6 Å². The van der Waals surface area contributed by atoms with Crippen molar-refractivity contribution in [1.29, 1.82) is 0 Å². The molecule has 3 heterocycles. The van der Waals surface area contributed by atoms with Gasteiger partial charge < -0.3 is 15.0 Å². The maximum atomic E-state index is 13.3. The van der Waals surface area contributed by atoms with Crippen LogP contribution in [0.4, 0.5) is 0 Å². The van der Waals surface area contributed by atoms with E-state index in [4.69, 9.17) is 27.9 Å². The summed E-state index contributed by atoms with van der Waals surface area (Å²) in [6.07, 6.45) is 2.98. The van der Waals surface area contributed by atoms with Gasteiger partial charge in [0, 0.05) is 35.7 Å². The van der Waals surface area contributed by atoms with Crippen LogP contribution in [-0.4, -0.2) is 51.4 Å². The lowest BCUT2D eigenvalue weighted by molar-refractivity contribution is -0.127. The van der Waals surface area contributed by atoms with Crippen molar-refractivity contribution in [1.82, 2.24) is 24.8 Å². The molecule has 0 bridgehead atoms. The Morgan fingerprint density at radius 2 is 1.97 bits per heavy atom. The number of aromatic nitrogens is 3. The third kappa shape index (κ3) is 6.13. The second-order valence-corrected chi connectivity index (χ2v) is 11.4. The Morgan fingerprint density at radius 3 is 2.64 bits per heavy atom. The lowest BCUT2D eigenvalue weighted by Crippen LogP contribution is -2.43. The van der Waals surface area contributed by atoms with Crippen molar-refractivity contribution in [2.75, 3.05) is 20.2 Å². The zero-order chi connectivity index (χ0) is 25.8. The minimum Gasteiger partial charge on any atom is -0.481 e. The number of ether oxygens (including phenoxy) is 1. The number of piperidine rings is 1. The van der Waals surface area contributed by atoms with Crippen molar-refractivity contribution < 1.29 is 14.3 Å². The van der Waals surface area contributed by atoms with E-state index in [0.717, 1.165) is 11.3 Å². The van der Waals surface area contributed by atoms with Crippen LogP contribution in [0.5, 0.6) is 5.88 Å². The van der Waals surface area contributed by atoms with Gasteiger partial charge in [-0.05, 0) is 65.6 Å². The molecule has 8 nitrogen and oxygen atoms in total. The van der Waals surface area contributed by atoms with E-state index in [1.165, 1.54) is 13.3 Å². The standard InChI is InChI=1S/C24H25Cl2IN5O3P/c1-14(16-4-3-5-17(25)10-16)29-23(33)15-6-8-31(9-7-15)24(34)20-12-21(32(30-20)36-27)18-11-22(35-2)28-13-19(18)26/h3-5,10-15,36H,6-9H2,1-2H3,(H,29,33). The first-order chi connectivity index (χ1) is 17.3. The van der Waals surface area contributed by atoms with Crippen molar-refractivity contribution >= 4 is 63.4 Å². The van der Waals surface area contributed by atoms with E-state index in [2.05, 4.69) is 37.4 Å². The molecule has 1 saturated heterocycles. The fourth-order valence-electron chi connectivity index (χ4n) is 4.17. The van der Waals surface area contributed by atoms with Crippen molar-refractivity contribution in [3.63, 3.8) is 0 Å². The Balaban J connectivity index is 1.41. The van der Waals surface area contributed by atoms with Gasteiger partial charge in [-0.1, -0.05) is 35.3 Å². The molecule has 1 fully saturated rings. The van der Waals surface area contributed by atoms with E-state index in [0.29, 0.717) is 53.1 Å². The summed E-state index contributed by atoms with van der Waals surface area (Å²) in [5.74, 6) is 0.112. The second-order valence-electron chi connectivity index (χ2n) is 8.47. The summed E-state index contributed by atoms with van der Waals surface area (Å²) in [5.41, 5.74) is 2.72. The molecule has 12 heteroatoms. The Labute approximate surface area is 234 Å². The molecule has 2 amide bonds. The third-order valence-corrected chi connectivity index (χ3v) is 8.59. The number of likely N-dealkylation sites (tertiary alicyclic amines) is 1. The number of rotatable bonds is 7. The molecule has 190 valence electrons. The molecule has 1 N–H and O–H groups in total. The third-order valence-electron chi connectivity index (χ3n) is 6.18. The zero-order valence-electron chi connectivity index (χ0n) is 19.7. The van der Waals surface area contributed by atoms with Crippen molar-refractivity contribution in [2.45, 2.75) is 25.8 Å². The van der Waals surface area contributed by atoms with E-state index in [-0.39, 0.29) is 30.1 Å². The van der Waals surface area contributed by atoms with Crippen LogP contribution in [0, 0.1) is 5.92 Å². The van der Waals surface area contributed by atoms with E-state index in [1.807, 2.05) is 25.1 Å². The van der Waals surface area contributed by atoms with Gasteiger partial charge in [0.25, 0.3) is 5.91 Å². The number of hydrogen-bond donors (Lipinski definition) is 1. The number of carbonyl (C=O) groups is 2. The van der Waals surface area contributed by atoms with Crippen LogP contribution in [0.25, 0.3) is 11.3 Å². The van der Waals surface area contributed by atoms with Crippen LogP contribution < -0.4 is 10.1 Å². The highest BCUT2D eigenvalue weighted by Crippen LogP contribution is 2.36. The molecule has 0 radical (unpaired) electrons. The number of nitrogens with zero attached hydrogens (tertiary/aromatic N) is 4. The molecule has 2 aromatic heterocycles. The summed E-state index contributed by atoms with van der Waals surface area (Å²) >= 11 is 14.7. The van der Waals surface area contributed by atoms with Gasteiger partial charge in [0.2, 0.25) is 11.8 Å². The first kappa shape index (κ1) is 27.1. The molecule has 1 aliphatic rings. The molecule has 0 spiro atoms. The number of carbonyl (C=O) groups excluding carboxylic acids is 2. The number of halogens is 3. The van der Waals surface area contributed by atoms with Gasteiger partial charge in [-0.25, -0.2) is 9.44 Å². The van der Waals surface area contributed by atoms with Gasteiger partial charge in [-0.15, -0.1) is 0 Å². The van der Waals surface area contributed by atoms with Crippen LogP contribution in [0.1, 0.15) is 41.9 Å². The number of methoxy groups -OCH3 is 1. The number of nitrogens with one attached hydrogen (secondary N) is 1. The number of benzene rings is 1. The number of pyridine rings is 1. The molecule has 3 aromatic rings. The highest BCUT2D eigenvalue weighted by atomic mass is 127. The van der Waals surface area contributed by atoms with E-state index in [9.17, 15) is 9.59 Å². The summed E-state index contributed by atoms with van der Waals surface area (Å²) in [6, 6.07) is 10.8. The molecular weight excluding hydrogens is 635 g/mol. The summed E-state index contributed by atoms with van der Waals surface area (Å²) in [5, 5.41) is 8.69. The fourth-order valence-corrected chi connectivity index (χ4v) is 6.09. The molecule has 0 saturated carbocycles. The minimum absolute atomic E-state index is 0.00599. The summed E-state index contributed by atoms with van der Waals surface area (Å²) in [6.45, 7) is 2.91. The summed E-state index contributed by atoms with van der Waals surface area (Å²) < 4.78 is 6.98. The first-order valence-corrected chi connectivity index (χ1v) is 16.1. The molecule has 1 aliphatic heterocycles. The lowest BCUT2D eigenvalue weighted by atomic mass is 9.95. The van der Waals surface area contributed by atoms with Gasteiger partial charge in [-0.2, -0.15) is 5.10 Å². The molecule has 4 rings (SSSR count). The molecule has 2 unspecified atom stereocenters. The van der Waals surface area contributed by atoms with Crippen molar-refractivity contribution in [3.8, 4) is 17.1 Å². The highest BCUT2D eigenvalue weighted by molar-refractivity contribution is 14.2. The van der Waals surface area contributed by atoms with Crippen LogP contribution in [0.3, 0.4) is 0 Å². The van der Waals surface area contributed by atoms with Gasteiger partial charge >= 0.3 is 0 Å².